The minimum atomic E-state index is 0.0219. The molecule has 1 amide bonds. The molecule has 0 aliphatic heterocycles. The van der Waals surface area contributed by atoms with Crippen LogP contribution in [0.5, 0.6) is 0 Å². The Morgan fingerprint density at radius 1 is 1.29 bits per heavy atom. The maximum Gasteiger partial charge on any atom is 0.251 e. The molecule has 1 heterocycles. The van der Waals surface area contributed by atoms with E-state index in [1.807, 2.05) is 19.1 Å². The first-order valence-corrected chi connectivity index (χ1v) is 8.15. The van der Waals surface area contributed by atoms with Gasteiger partial charge in [-0.2, -0.15) is 0 Å². The number of hydrogen-bond donors (Lipinski definition) is 2. The highest BCUT2D eigenvalue weighted by Gasteiger charge is 2.40. The van der Waals surface area contributed by atoms with Gasteiger partial charge in [-0.1, -0.05) is 20.3 Å². The third-order valence-electron chi connectivity index (χ3n) is 4.34. The molecule has 4 nitrogen and oxygen atoms in total. The van der Waals surface area contributed by atoms with Crippen molar-refractivity contribution in [3.63, 3.8) is 0 Å². The van der Waals surface area contributed by atoms with Gasteiger partial charge in [0.05, 0.1) is 0 Å². The summed E-state index contributed by atoms with van der Waals surface area (Å²) in [5.41, 5.74) is 2.08. The summed E-state index contributed by atoms with van der Waals surface area (Å²) >= 11 is 0. The van der Waals surface area contributed by atoms with E-state index in [1.165, 1.54) is 12.8 Å². The molecule has 2 N–H and O–H groups in total. The summed E-state index contributed by atoms with van der Waals surface area (Å²) < 4.78 is 0. The average molecular weight is 289 g/mol. The number of nitrogens with zero attached hydrogens (tertiary/aromatic N) is 1. The van der Waals surface area contributed by atoms with Crippen LogP contribution in [0.4, 0.5) is 5.82 Å². The van der Waals surface area contributed by atoms with Crippen LogP contribution in [0.2, 0.25) is 0 Å². The van der Waals surface area contributed by atoms with Crippen molar-refractivity contribution in [3.8, 4) is 0 Å². The first kappa shape index (κ1) is 15.8. The number of anilines is 1. The lowest BCUT2D eigenvalue weighted by atomic mass is 10.0. The van der Waals surface area contributed by atoms with E-state index < -0.39 is 0 Å². The summed E-state index contributed by atoms with van der Waals surface area (Å²) in [6, 6.07) is 3.77. The highest BCUT2D eigenvalue weighted by molar-refractivity contribution is 5.95. The summed E-state index contributed by atoms with van der Waals surface area (Å²) in [5.74, 6) is 0.818. The van der Waals surface area contributed by atoms with Gasteiger partial charge in [0, 0.05) is 24.3 Å². The molecule has 4 heteroatoms. The molecule has 1 aliphatic carbocycles. The van der Waals surface area contributed by atoms with Crippen LogP contribution >= 0.6 is 0 Å². The van der Waals surface area contributed by atoms with Gasteiger partial charge in [-0.15, -0.1) is 0 Å². The summed E-state index contributed by atoms with van der Waals surface area (Å²) in [7, 11) is 0. The van der Waals surface area contributed by atoms with Crippen molar-refractivity contribution < 1.29 is 4.79 Å². The normalized spacial score (nSPS) is 15.6. The Bertz CT molecular complexity index is 471. The lowest BCUT2D eigenvalue weighted by molar-refractivity contribution is 0.0944. The van der Waals surface area contributed by atoms with E-state index in [0.29, 0.717) is 5.41 Å². The van der Waals surface area contributed by atoms with Crippen molar-refractivity contribution in [1.82, 2.24) is 10.3 Å². The first-order chi connectivity index (χ1) is 10.1. The highest BCUT2D eigenvalue weighted by Crippen LogP contribution is 2.47. The number of carbonyl (C=O) groups excluding carboxylic acids is 1. The average Bonchev–Trinajstić information content (AvgIpc) is 3.26. The van der Waals surface area contributed by atoms with E-state index in [2.05, 4.69) is 29.5 Å². The van der Waals surface area contributed by atoms with Crippen LogP contribution in [0.25, 0.3) is 0 Å². The minimum Gasteiger partial charge on any atom is -0.370 e. The quantitative estimate of drug-likeness (QED) is 0.771. The molecule has 1 aromatic heterocycles. The fourth-order valence-electron chi connectivity index (χ4n) is 2.58. The van der Waals surface area contributed by atoms with Crippen LogP contribution in [-0.2, 0) is 6.42 Å². The lowest BCUT2D eigenvalue weighted by Gasteiger charge is -2.14. The number of pyridine rings is 1. The van der Waals surface area contributed by atoms with Crippen molar-refractivity contribution in [1.29, 1.82) is 0 Å². The molecule has 0 bridgehead atoms. The van der Waals surface area contributed by atoms with Gasteiger partial charge in [0.25, 0.3) is 5.91 Å². The SMILES string of the molecule is CCCc1cc(C(=O)NCC2(CC)CC2)cc(NCC)n1. The predicted molar refractivity (Wildman–Crippen MR) is 86.7 cm³/mol. The van der Waals surface area contributed by atoms with E-state index in [0.717, 1.165) is 49.4 Å². The van der Waals surface area contributed by atoms with Crippen molar-refractivity contribution in [2.24, 2.45) is 5.41 Å². The van der Waals surface area contributed by atoms with Crippen LogP contribution in [-0.4, -0.2) is 24.0 Å². The zero-order chi connectivity index (χ0) is 15.3. The molecule has 0 radical (unpaired) electrons. The molecule has 1 saturated carbocycles. The van der Waals surface area contributed by atoms with E-state index in [9.17, 15) is 4.79 Å². The predicted octanol–water partition coefficient (Wildman–Crippen LogP) is 3.39. The van der Waals surface area contributed by atoms with Gasteiger partial charge < -0.3 is 10.6 Å². The van der Waals surface area contributed by atoms with E-state index in [4.69, 9.17) is 0 Å². The Labute approximate surface area is 127 Å². The third-order valence-corrected chi connectivity index (χ3v) is 4.34. The molecular weight excluding hydrogens is 262 g/mol. The van der Waals surface area contributed by atoms with Crippen molar-refractivity contribution in [2.75, 3.05) is 18.4 Å². The molecule has 0 atom stereocenters. The van der Waals surface area contributed by atoms with Crippen molar-refractivity contribution in [2.45, 2.75) is 52.9 Å². The summed E-state index contributed by atoms with van der Waals surface area (Å²) in [6.45, 7) is 7.96. The fourth-order valence-corrected chi connectivity index (χ4v) is 2.58. The largest absolute Gasteiger partial charge is 0.370 e. The summed E-state index contributed by atoms with van der Waals surface area (Å²) in [4.78, 5) is 16.9. The van der Waals surface area contributed by atoms with Crippen LogP contribution in [0.3, 0.4) is 0 Å². The van der Waals surface area contributed by atoms with Crippen LogP contribution < -0.4 is 10.6 Å². The Kier molecular flexibility index (Phi) is 5.21. The maximum absolute atomic E-state index is 12.4. The number of rotatable bonds is 8. The first-order valence-electron chi connectivity index (χ1n) is 8.15. The third kappa shape index (κ3) is 4.19. The Hall–Kier alpha value is -1.58. The number of amides is 1. The molecule has 116 valence electrons. The molecule has 0 unspecified atom stereocenters. The van der Waals surface area contributed by atoms with Crippen LogP contribution in [0, 0.1) is 5.41 Å². The standard InChI is InChI=1S/C17H27N3O/c1-4-7-14-10-13(11-15(20-14)18-6-3)16(21)19-12-17(5-2)8-9-17/h10-11H,4-9,12H2,1-3H3,(H,18,20)(H,19,21). The highest BCUT2D eigenvalue weighted by atomic mass is 16.1. The van der Waals surface area contributed by atoms with Crippen molar-refractivity contribution >= 4 is 11.7 Å². The zero-order valence-electron chi connectivity index (χ0n) is 13.5. The lowest BCUT2D eigenvalue weighted by Crippen LogP contribution is -2.30. The second-order valence-electron chi connectivity index (χ2n) is 6.05. The minimum absolute atomic E-state index is 0.0219. The molecular formula is C17H27N3O. The Balaban J connectivity index is 2.07. The fraction of sp³-hybridized carbons (Fsp3) is 0.647. The van der Waals surface area contributed by atoms with Gasteiger partial charge in [-0.3, -0.25) is 4.79 Å². The van der Waals surface area contributed by atoms with Crippen LogP contribution in [0.15, 0.2) is 12.1 Å². The molecule has 1 aromatic rings. The van der Waals surface area contributed by atoms with Gasteiger partial charge in [-0.05, 0) is 50.2 Å². The molecule has 0 spiro atoms. The number of hydrogen-bond acceptors (Lipinski definition) is 3. The summed E-state index contributed by atoms with van der Waals surface area (Å²) in [5, 5.41) is 6.30. The number of carbonyl (C=O) groups is 1. The second-order valence-corrected chi connectivity index (χ2v) is 6.05. The smallest absolute Gasteiger partial charge is 0.251 e. The number of aromatic nitrogens is 1. The Morgan fingerprint density at radius 2 is 2.05 bits per heavy atom. The van der Waals surface area contributed by atoms with E-state index >= 15 is 0 Å². The second kappa shape index (κ2) is 6.92. The summed E-state index contributed by atoms with van der Waals surface area (Å²) in [6.07, 6.45) is 5.56. The maximum atomic E-state index is 12.4. The van der Waals surface area contributed by atoms with Gasteiger partial charge in [0.1, 0.15) is 5.82 Å². The molecule has 1 fully saturated rings. The van der Waals surface area contributed by atoms with Crippen molar-refractivity contribution in [3.05, 3.63) is 23.4 Å². The zero-order valence-corrected chi connectivity index (χ0v) is 13.5. The molecule has 2 rings (SSSR count). The monoisotopic (exact) mass is 289 g/mol. The molecule has 0 aromatic carbocycles. The molecule has 1 aliphatic rings. The number of aryl methyl sites for hydroxylation is 1. The van der Waals surface area contributed by atoms with E-state index in [-0.39, 0.29) is 5.91 Å². The van der Waals surface area contributed by atoms with Gasteiger partial charge in [0.2, 0.25) is 0 Å². The molecule has 21 heavy (non-hydrogen) atoms. The molecule has 0 saturated heterocycles. The van der Waals surface area contributed by atoms with E-state index in [1.54, 1.807) is 0 Å². The van der Waals surface area contributed by atoms with Crippen LogP contribution in [0.1, 0.15) is 62.5 Å². The topological polar surface area (TPSA) is 54.0 Å². The van der Waals surface area contributed by atoms with Gasteiger partial charge in [0.15, 0.2) is 0 Å². The van der Waals surface area contributed by atoms with Gasteiger partial charge >= 0.3 is 0 Å². The van der Waals surface area contributed by atoms with Gasteiger partial charge in [-0.25, -0.2) is 4.98 Å². The number of nitrogens with one attached hydrogen (secondary N) is 2. The Morgan fingerprint density at radius 3 is 2.62 bits per heavy atom.